The first-order chi connectivity index (χ1) is 9.09. The maximum Gasteiger partial charge on any atom is 0.185 e. The minimum atomic E-state index is 0.0400. The molecule has 0 atom stereocenters. The molecule has 2 aromatic rings. The predicted molar refractivity (Wildman–Crippen MR) is 80.5 cm³/mol. The smallest absolute Gasteiger partial charge is 0.185 e. The standard InChI is InChI=1S/C18H18O/c1-13-9-10-16(15(3)14(13)2)11-12-18(19)17-7-5-4-6-8-17/h4-12H,1-3H3. The van der Waals surface area contributed by atoms with Crippen LogP contribution < -0.4 is 0 Å². The molecular formula is C18H18O. The van der Waals surface area contributed by atoms with Gasteiger partial charge in [-0.3, -0.25) is 4.79 Å². The zero-order chi connectivity index (χ0) is 13.8. The number of aryl methyl sites for hydroxylation is 1. The SMILES string of the molecule is Cc1ccc(C=CC(=O)c2ccccc2)c(C)c1C. The van der Waals surface area contributed by atoms with Crippen molar-refractivity contribution in [3.63, 3.8) is 0 Å². The fraction of sp³-hybridized carbons (Fsp3) is 0.167. The number of carbonyl (C=O) groups is 1. The van der Waals surface area contributed by atoms with Crippen molar-refractivity contribution in [2.24, 2.45) is 0 Å². The van der Waals surface area contributed by atoms with E-state index >= 15 is 0 Å². The first-order valence-corrected chi connectivity index (χ1v) is 6.44. The summed E-state index contributed by atoms with van der Waals surface area (Å²) < 4.78 is 0. The topological polar surface area (TPSA) is 17.1 Å². The third kappa shape index (κ3) is 3.00. The van der Waals surface area contributed by atoms with Gasteiger partial charge in [0.05, 0.1) is 0 Å². The fourth-order valence-corrected chi connectivity index (χ4v) is 2.02. The number of hydrogen-bond acceptors (Lipinski definition) is 1. The molecule has 0 fully saturated rings. The van der Waals surface area contributed by atoms with Gasteiger partial charge in [0.25, 0.3) is 0 Å². The van der Waals surface area contributed by atoms with Crippen LogP contribution in [0.3, 0.4) is 0 Å². The van der Waals surface area contributed by atoms with E-state index in [0.717, 1.165) is 11.1 Å². The lowest BCUT2D eigenvalue weighted by Gasteiger charge is -2.07. The van der Waals surface area contributed by atoms with Gasteiger partial charge >= 0.3 is 0 Å². The summed E-state index contributed by atoms with van der Waals surface area (Å²) in [4.78, 5) is 12.0. The van der Waals surface area contributed by atoms with E-state index in [9.17, 15) is 4.79 Å². The molecule has 2 aromatic carbocycles. The molecule has 0 aliphatic heterocycles. The third-order valence-corrected chi connectivity index (χ3v) is 3.57. The van der Waals surface area contributed by atoms with Crippen LogP contribution in [0.15, 0.2) is 48.5 Å². The molecule has 0 heterocycles. The Kier molecular flexibility index (Phi) is 3.96. The Morgan fingerprint density at radius 2 is 1.58 bits per heavy atom. The van der Waals surface area contributed by atoms with Gasteiger partial charge < -0.3 is 0 Å². The minimum Gasteiger partial charge on any atom is -0.289 e. The minimum absolute atomic E-state index is 0.0400. The second-order valence-corrected chi connectivity index (χ2v) is 4.79. The van der Waals surface area contributed by atoms with Gasteiger partial charge in [-0.05, 0) is 49.1 Å². The number of ketones is 1. The number of benzene rings is 2. The summed E-state index contributed by atoms with van der Waals surface area (Å²) in [6.07, 6.45) is 3.55. The van der Waals surface area contributed by atoms with Crippen LogP contribution in [0.25, 0.3) is 6.08 Å². The summed E-state index contributed by atoms with van der Waals surface area (Å²) in [5.41, 5.74) is 5.63. The molecule has 1 nitrogen and oxygen atoms in total. The molecule has 2 rings (SSSR count). The summed E-state index contributed by atoms with van der Waals surface area (Å²) in [5, 5.41) is 0. The Hall–Kier alpha value is -2.15. The molecule has 0 N–H and O–H groups in total. The van der Waals surface area contributed by atoms with Crippen molar-refractivity contribution >= 4 is 11.9 Å². The molecular weight excluding hydrogens is 232 g/mol. The van der Waals surface area contributed by atoms with Crippen LogP contribution in [0.4, 0.5) is 0 Å². The lowest BCUT2D eigenvalue weighted by Crippen LogP contribution is -1.94. The van der Waals surface area contributed by atoms with Crippen LogP contribution >= 0.6 is 0 Å². The lowest BCUT2D eigenvalue weighted by atomic mass is 9.98. The molecule has 0 saturated carbocycles. The molecule has 0 amide bonds. The van der Waals surface area contributed by atoms with Gasteiger partial charge in [0.15, 0.2) is 5.78 Å². The van der Waals surface area contributed by atoms with Crippen molar-refractivity contribution < 1.29 is 4.79 Å². The van der Waals surface area contributed by atoms with Crippen molar-refractivity contribution in [3.8, 4) is 0 Å². The number of rotatable bonds is 3. The maximum absolute atomic E-state index is 12.0. The highest BCUT2D eigenvalue weighted by atomic mass is 16.1. The molecule has 0 bridgehead atoms. The zero-order valence-corrected chi connectivity index (χ0v) is 11.6. The number of hydrogen-bond donors (Lipinski definition) is 0. The van der Waals surface area contributed by atoms with Crippen molar-refractivity contribution in [1.29, 1.82) is 0 Å². The molecule has 0 aliphatic carbocycles. The quantitative estimate of drug-likeness (QED) is 0.578. The summed E-state index contributed by atoms with van der Waals surface area (Å²) in [5.74, 6) is 0.0400. The number of allylic oxidation sites excluding steroid dienone is 1. The van der Waals surface area contributed by atoms with E-state index in [1.54, 1.807) is 6.08 Å². The Bertz CT molecular complexity index is 622. The van der Waals surface area contributed by atoms with Crippen LogP contribution in [0, 0.1) is 20.8 Å². The van der Waals surface area contributed by atoms with E-state index in [-0.39, 0.29) is 5.78 Å². The highest BCUT2D eigenvalue weighted by Gasteiger charge is 2.03. The molecule has 0 unspecified atom stereocenters. The molecule has 19 heavy (non-hydrogen) atoms. The summed E-state index contributed by atoms with van der Waals surface area (Å²) >= 11 is 0. The van der Waals surface area contributed by atoms with Gasteiger partial charge in [-0.25, -0.2) is 0 Å². The first kappa shape index (κ1) is 13.3. The molecule has 0 radical (unpaired) electrons. The average Bonchev–Trinajstić information content (AvgIpc) is 2.45. The van der Waals surface area contributed by atoms with E-state index in [1.165, 1.54) is 16.7 Å². The van der Waals surface area contributed by atoms with Crippen LogP contribution in [-0.4, -0.2) is 5.78 Å². The second-order valence-electron chi connectivity index (χ2n) is 4.79. The Labute approximate surface area is 114 Å². The normalized spacial score (nSPS) is 10.9. The molecule has 0 aromatic heterocycles. The molecule has 0 saturated heterocycles. The van der Waals surface area contributed by atoms with Crippen LogP contribution in [0.5, 0.6) is 0 Å². The zero-order valence-electron chi connectivity index (χ0n) is 11.6. The van der Waals surface area contributed by atoms with Gasteiger partial charge in [-0.2, -0.15) is 0 Å². The number of carbonyl (C=O) groups excluding carboxylic acids is 1. The van der Waals surface area contributed by atoms with Crippen LogP contribution in [0.1, 0.15) is 32.6 Å². The van der Waals surface area contributed by atoms with E-state index in [1.807, 2.05) is 36.4 Å². The molecule has 96 valence electrons. The molecule has 0 aliphatic rings. The summed E-state index contributed by atoms with van der Waals surface area (Å²) in [7, 11) is 0. The van der Waals surface area contributed by atoms with Crippen molar-refractivity contribution in [2.75, 3.05) is 0 Å². The third-order valence-electron chi connectivity index (χ3n) is 3.57. The van der Waals surface area contributed by atoms with Crippen molar-refractivity contribution in [3.05, 3.63) is 76.4 Å². The van der Waals surface area contributed by atoms with Gasteiger partial charge in [-0.1, -0.05) is 48.5 Å². The lowest BCUT2D eigenvalue weighted by molar-refractivity contribution is 0.104. The highest BCUT2D eigenvalue weighted by molar-refractivity contribution is 6.06. The van der Waals surface area contributed by atoms with E-state index in [0.29, 0.717) is 0 Å². The fourth-order valence-electron chi connectivity index (χ4n) is 2.02. The Balaban J connectivity index is 2.25. The summed E-state index contributed by atoms with van der Waals surface area (Å²) in [6, 6.07) is 13.5. The van der Waals surface area contributed by atoms with Gasteiger partial charge in [0.2, 0.25) is 0 Å². The summed E-state index contributed by atoms with van der Waals surface area (Å²) in [6.45, 7) is 6.31. The van der Waals surface area contributed by atoms with Crippen LogP contribution in [-0.2, 0) is 0 Å². The van der Waals surface area contributed by atoms with Crippen molar-refractivity contribution in [2.45, 2.75) is 20.8 Å². The molecule has 0 spiro atoms. The molecule has 1 heteroatoms. The van der Waals surface area contributed by atoms with Gasteiger partial charge in [0, 0.05) is 5.56 Å². The van der Waals surface area contributed by atoms with Crippen molar-refractivity contribution in [1.82, 2.24) is 0 Å². The van der Waals surface area contributed by atoms with Crippen LogP contribution in [0.2, 0.25) is 0 Å². The average molecular weight is 250 g/mol. The second kappa shape index (κ2) is 5.66. The highest BCUT2D eigenvalue weighted by Crippen LogP contribution is 2.18. The van der Waals surface area contributed by atoms with Gasteiger partial charge in [0.1, 0.15) is 0 Å². The first-order valence-electron chi connectivity index (χ1n) is 6.44. The Morgan fingerprint density at radius 1 is 0.895 bits per heavy atom. The monoisotopic (exact) mass is 250 g/mol. The largest absolute Gasteiger partial charge is 0.289 e. The maximum atomic E-state index is 12.0. The predicted octanol–water partition coefficient (Wildman–Crippen LogP) is 4.51. The van der Waals surface area contributed by atoms with E-state index in [2.05, 4.69) is 32.9 Å². The Morgan fingerprint density at radius 3 is 2.26 bits per heavy atom. The van der Waals surface area contributed by atoms with E-state index < -0.39 is 0 Å². The van der Waals surface area contributed by atoms with Gasteiger partial charge in [-0.15, -0.1) is 0 Å². The van der Waals surface area contributed by atoms with E-state index in [4.69, 9.17) is 0 Å².